The Morgan fingerprint density at radius 3 is 2.57 bits per heavy atom. The largest absolute Gasteiger partial charge is 0.339 e. The van der Waals surface area contributed by atoms with Gasteiger partial charge in [0.25, 0.3) is 5.91 Å². The minimum Gasteiger partial charge on any atom is -0.339 e. The minimum absolute atomic E-state index is 0.0817. The van der Waals surface area contributed by atoms with Gasteiger partial charge in [0.2, 0.25) is 0 Å². The van der Waals surface area contributed by atoms with Crippen molar-refractivity contribution in [2.75, 3.05) is 13.1 Å². The topological polar surface area (TPSA) is 79.7 Å². The predicted octanol–water partition coefficient (Wildman–Crippen LogP) is 3.44. The van der Waals surface area contributed by atoms with Crippen LogP contribution in [0.1, 0.15) is 29.6 Å². The molecule has 1 aliphatic rings. The van der Waals surface area contributed by atoms with E-state index in [1.807, 2.05) is 52.1 Å². The highest BCUT2D eigenvalue weighted by atomic mass is 16.2. The number of aromatic nitrogens is 5. The van der Waals surface area contributed by atoms with Crippen LogP contribution in [0.15, 0.2) is 55.1 Å². The second-order valence-corrected chi connectivity index (χ2v) is 7.06. The van der Waals surface area contributed by atoms with Crippen LogP contribution < -0.4 is 0 Å². The number of fused-ring (bicyclic) bond motifs is 1. The molecule has 0 saturated carbocycles. The van der Waals surface area contributed by atoms with Crippen LogP contribution in [0.3, 0.4) is 0 Å². The lowest BCUT2D eigenvalue weighted by Gasteiger charge is -2.26. The SMILES string of the molecule is O=C(c1cnc2c(ccn2-c2ccc(-c3ncn[nH]3)cc2)c1)N1CCCCC1. The third-order valence-corrected chi connectivity index (χ3v) is 5.25. The number of hydrogen-bond acceptors (Lipinski definition) is 4. The summed E-state index contributed by atoms with van der Waals surface area (Å²) < 4.78 is 2.02. The lowest BCUT2D eigenvalue weighted by Crippen LogP contribution is -2.35. The zero-order valence-electron chi connectivity index (χ0n) is 15.4. The number of hydrogen-bond donors (Lipinski definition) is 1. The molecule has 3 aromatic heterocycles. The van der Waals surface area contributed by atoms with Crippen molar-refractivity contribution in [1.82, 2.24) is 29.6 Å². The molecule has 28 heavy (non-hydrogen) atoms. The Bertz CT molecular complexity index is 1110. The highest BCUT2D eigenvalue weighted by molar-refractivity contribution is 5.97. The summed E-state index contributed by atoms with van der Waals surface area (Å²) in [7, 11) is 0. The summed E-state index contributed by atoms with van der Waals surface area (Å²) in [5.41, 5.74) is 3.47. The molecule has 1 saturated heterocycles. The molecule has 1 aromatic carbocycles. The summed E-state index contributed by atoms with van der Waals surface area (Å²) >= 11 is 0. The maximum atomic E-state index is 12.7. The first-order valence-electron chi connectivity index (χ1n) is 9.52. The van der Waals surface area contributed by atoms with Gasteiger partial charge < -0.3 is 9.47 Å². The number of benzene rings is 1. The van der Waals surface area contributed by atoms with E-state index in [1.54, 1.807) is 6.20 Å². The lowest BCUT2D eigenvalue weighted by molar-refractivity contribution is 0.0724. The standard InChI is InChI=1S/C21H20N6O/c28-21(26-9-2-1-3-10-26)17-12-16-8-11-27(20(16)22-13-17)18-6-4-15(5-7-18)19-23-14-24-25-19/h4-8,11-14H,1-3,9-10H2,(H,23,24,25). The average Bonchev–Trinajstić information content (AvgIpc) is 3.44. The summed E-state index contributed by atoms with van der Waals surface area (Å²) in [4.78, 5) is 23.4. The number of H-pyrrole nitrogens is 1. The van der Waals surface area contributed by atoms with Crippen molar-refractivity contribution < 1.29 is 4.79 Å². The van der Waals surface area contributed by atoms with E-state index in [0.717, 1.165) is 54.0 Å². The molecule has 4 aromatic rings. The van der Waals surface area contributed by atoms with Gasteiger partial charge in [0, 0.05) is 42.1 Å². The average molecular weight is 372 g/mol. The number of aromatic amines is 1. The fourth-order valence-electron chi connectivity index (χ4n) is 3.75. The second-order valence-electron chi connectivity index (χ2n) is 7.06. The van der Waals surface area contributed by atoms with E-state index in [4.69, 9.17) is 0 Å². The Kier molecular flexibility index (Phi) is 4.12. The van der Waals surface area contributed by atoms with Crippen molar-refractivity contribution in [2.24, 2.45) is 0 Å². The maximum absolute atomic E-state index is 12.7. The van der Waals surface area contributed by atoms with Crippen LogP contribution in [0, 0.1) is 0 Å². The van der Waals surface area contributed by atoms with Crippen LogP contribution in [0.5, 0.6) is 0 Å². The normalized spacial score (nSPS) is 14.5. The van der Waals surface area contributed by atoms with Gasteiger partial charge in [-0.25, -0.2) is 9.97 Å². The number of carbonyl (C=O) groups excluding carboxylic acids is 1. The Labute approximate surface area is 162 Å². The number of rotatable bonds is 3. The Morgan fingerprint density at radius 1 is 1.00 bits per heavy atom. The van der Waals surface area contributed by atoms with Gasteiger partial charge in [0.1, 0.15) is 12.0 Å². The van der Waals surface area contributed by atoms with E-state index < -0.39 is 0 Å². The van der Waals surface area contributed by atoms with Gasteiger partial charge >= 0.3 is 0 Å². The predicted molar refractivity (Wildman–Crippen MR) is 106 cm³/mol. The molecule has 0 unspecified atom stereocenters. The number of likely N-dealkylation sites (tertiary alicyclic amines) is 1. The smallest absolute Gasteiger partial charge is 0.255 e. The van der Waals surface area contributed by atoms with E-state index in [9.17, 15) is 4.79 Å². The van der Waals surface area contributed by atoms with Crippen molar-refractivity contribution in [3.05, 3.63) is 60.7 Å². The second kappa shape index (κ2) is 6.92. The first-order chi connectivity index (χ1) is 13.8. The molecular formula is C21H20N6O. The monoisotopic (exact) mass is 372 g/mol. The van der Waals surface area contributed by atoms with E-state index in [0.29, 0.717) is 5.56 Å². The van der Waals surface area contributed by atoms with Crippen LogP contribution >= 0.6 is 0 Å². The molecular weight excluding hydrogens is 352 g/mol. The molecule has 0 aliphatic carbocycles. The number of amides is 1. The Hall–Kier alpha value is -3.48. The molecule has 0 bridgehead atoms. The fourth-order valence-corrected chi connectivity index (χ4v) is 3.75. The quantitative estimate of drug-likeness (QED) is 0.597. The van der Waals surface area contributed by atoms with Crippen LogP contribution in [0.25, 0.3) is 28.1 Å². The van der Waals surface area contributed by atoms with Crippen molar-refractivity contribution in [3.8, 4) is 17.1 Å². The van der Waals surface area contributed by atoms with E-state index in [2.05, 4.69) is 20.2 Å². The van der Waals surface area contributed by atoms with Crippen LogP contribution in [-0.2, 0) is 0 Å². The van der Waals surface area contributed by atoms with Gasteiger partial charge in [-0.05, 0) is 55.7 Å². The van der Waals surface area contributed by atoms with E-state index in [-0.39, 0.29) is 5.91 Å². The molecule has 7 heteroatoms. The van der Waals surface area contributed by atoms with Gasteiger partial charge in [0.05, 0.1) is 5.56 Å². The summed E-state index contributed by atoms with van der Waals surface area (Å²) in [6.07, 6.45) is 8.55. The number of pyridine rings is 1. The molecule has 1 fully saturated rings. The van der Waals surface area contributed by atoms with Gasteiger partial charge in [-0.1, -0.05) is 0 Å². The van der Waals surface area contributed by atoms with Crippen LogP contribution in [-0.4, -0.2) is 48.6 Å². The molecule has 1 N–H and O–H groups in total. The van der Waals surface area contributed by atoms with Gasteiger partial charge in [-0.15, -0.1) is 0 Å². The summed E-state index contributed by atoms with van der Waals surface area (Å²) in [6, 6.07) is 12.0. The van der Waals surface area contributed by atoms with Gasteiger partial charge in [-0.3, -0.25) is 9.89 Å². The molecule has 1 amide bonds. The minimum atomic E-state index is 0.0817. The number of nitrogens with zero attached hydrogens (tertiary/aromatic N) is 5. The van der Waals surface area contributed by atoms with E-state index >= 15 is 0 Å². The molecule has 0 spiro atoms. The molecule has 5 rings (SSSR count). The number of piperidine rings is 1. The van der Waals surface area contributed by atoms with Gasteiger partial charge in [0.15, 0.2) is 5.82 Å². The van der Waals surface area contributed by atoms with Crippen LogP contribution in [0.4, 0.5) is 0 Å². The highest BCUT2D eigenvalue weighted by Crippen LogP contribution is 2.23. The van der Waals surface area contributed by atoms with Crippen molar-refractivity contribution in [3.63, 3.8) is 0 Å². The number of carbonyl (C=O) groups is 1. The van der Waals surface area contributed by atoms with Crippen molar-refractivity contribution in [2.45, 2.75) is 19.3 Å². The Morgan fingerprint density at radius 2 is 1.82 bits per heavy atom. The van der Waals surface area contributed by atoms with Crippen LogP contribution in [0.2, 0.25) is 0 Å². The lowest BCUT2D eigenvalue weighted by atomic mass is 10.1. The van der Waals surface area contributed by atoms with Crippen molar-refractivity contribution >= 4 is 16.9 Å². The summed E-state index contributed by atoms with van der Waals surface area (Å²) in [6.45, 7) is 1.69. The fraction of sp³-hybridized carbons (Fsp3) is 0.238. The molecule has 140 valence electrons. The van der Waals surface area contributed by atoms with Crippen molar-refractivity contribution in [1.29, 1.82) is 0 Å². The molecule has 7 nitrogen and oxygen atoms in total. The molecule has 0 radical (unpaired) electrons. The maximum Gasteiger partial charge on any atom is 0.255 e. The number of nitrogens with one attached hydrogen (secondary N) is 1. The summed E-state index contributed by atoms with van der Waals surface area (Å²) in [5.74, 6) is 0.821. The zero-order chi connectivity index (χ0) is 18.9. The first kappa shape index (κ1) is 16.7. The van der Waals surface area contributed by atoms with Gasteiger partial charge in [-0.2, -0.15) is 5.10 Å². The third kappa shape index (κ3) is 2.94. The molecule has 0 atom stereocenters. The van der Waals surface area contributed by atoms with E-state index in [1.165, 1.54) is 12.7 Å². The zero-order valence-corrected chi connectivity index (χ0v) is 15.4. The summed E-state index contributed by atoms with van der Waals surface area (Å²) in [5, 5.41) is 7.71. The Balaban J connectivity index is 1.44. The highest BCUT2D eigenvalue weighted by Gasteiger charge is 2.19. The molecule has 4 heterocycles. The third-order valence-electron chi connectivity index (χ3n) is 5.25. The first-order valence-corrected chi connectivity index (χ1v) is 9.52. The molecule has 1 aliphatic heterocycles.